The van der Waals surface area contributed by atoms with Crippen molar-refractivity contribution in [3.63, 3.8) is 0 Å². The van der Waals surface area contributed by atoms with Crippen LogP contribution < -0.4 is 4.74 Å². The van der Waals surface area contributed by atoms with Crippen molar-refractivity contribution in [3.8, 4) is 5.75 Å². The monoisotopic (exact) mass is 242 g/mol. The van der Waals surface area contributed by atoms with Crippen LogP contribution in [0.2, 0.25) is 0 Å². The molecule has 1 aliphatic carbocycles. The van der Waals surface area contributed by atoms with Crippen molar-refractivity contribution in [2.45, 2.75) is 25.7 Å². The van der Waals surface area contributed by atoms with Crippen LogP contribution in [-0.2, 0) is 6.42 Å². The molecule has 1 saturated carbocycles. The molecular formula is C13H16ClFO. The minimum atomic E-state index is -0.288. The summed E-state index contributed by atoms with van der Waals surface area (Å²) in [6.45, 7) is 0. The van der Waals surface area contributed by atoms with Crippen LogP contribution in [0, 0.1) is 11.2 Å². The molecule has 0 N–H and O–H groups in total. The van der Waals surface area contributed by atoms with Gasteiger partial charge in [-0.3, -0.25) is 0 Å². The lowest BCUT2D eigenvalue weighted by atomic mass is 9.67. The van der Waals surface area contributed by atoms with Crippen molar-refractivity contribution in [3.05, 3.63) is 29.6 Å². The number of methoxy groups -OCH3 is 1. The zero-order valence-corrected chi connectivity index (χ0v) is 10.2. The Morgan fingerprint density at radius 3 is 2.62 bits per heavy atom. The fourth-order valence-corrected chi connectivity index (χ4v) is 2.65. The van der Waals surface area contributed by atoms with Gasteiger partial charge in [-0.15, -0.1) is 11.6 Å². The van der Waals surface area contributed by atoms with Gasteiger partial charge in [0.05, 0.1) is 7.11 Å². The highest BCUT2D eigenvalue weighted by molar-refractivity contribution is 6.18. The van der Waals surface area contributed by atoms with Crippen LogP contribution in [0.3, 0.4) is 0 Å². The van der Waals surface area contributed by atoms with E-state index in [2.05, 4.69) is 0 Å². The third-order valence-electron chi connectivity index (χ3n) is 3.49. The topological polar surface area (TPSA) is 9.23 Å². The van der Waals surface area contributed by atoms with E-state index in [4.69, 9.17) is 16.3 Å². The quantitative estimate of drug-likeness (QED) is 0.730. The summed E-state index contributed by atoms with van der Waals surface area (Å²) in [5.41, 5.74) is 1.22. The second kappa shape index (κ2) is 4.62. The smallest absolute Gasteiger partial charge is 0.165 e. The molecule has 0 aliphatic heterocycles. The van der Waals surface area contributed by atoms with E-state index < -0.39 is 0 Å². The van der Waals surface area contributed by atoms with Crippen LogP contribution in [0.5, 0.6) is 5.75 Å². The van der Waals surface area contributed by atoms with E-state index in [1.165, 1.54) is 13.5 Å². The SMILES string of the molecule is COc1ccc(CC2(CCl)CCC2)cc1F. The van der Waals surface area contributed by atoms with E-state index in [9.17, 15) is 4.39 Å². The van der Waals surface area contributed by atoms with Crippen molar-refractivity contribution < 1.29 is 9.13 Å². The van der Waals surface area contributed by atoms with Gasteiger partial charge in [-0.25, -0.2) is 4.39 Å². The maximum atomic E-state index is 13.5. The highest BCUT2D eigenvalue weighted by atomic mass is 35.5. The maximum Gasteiger partial charge on any atom is 0.165 e. The number of ether oxygens (including phenoxy) is 1. The van der Waals surface area contributed by atoms with Gasteiger partial charge in [-0.2, -0.15) is 0 Å². The molecule has 88 valence electrons. The summed E-state index contributed by atoms with van der Waals surface area (Å²) in [6.07, 6.45) is 4.43. The molecule has 0 saturated heterocycles. The zero-order chi connectivity index (χ0) is 11.6. The number of hydrogen-bond acceptors (Lipinski definition) is 1. The molecule has 0 atom stereocenters. The van der Waals surface area contributed by atoms with Gasteiger partial charge in [0.15, 0.2) is 11.6 Å². The molecule has 1 aromatic carbocycles. The van der Waals surface area contributed by atoms with E-state index in [0.717, 1.165) is 24.8 Å². The lowest BCUT2D eigenvalue weighted by molar-refractivity contribution is 0.166. The Balaban J connectivity index is 2.13. The molecular weight excluding hydrogens is 227 g/mol. The first-order valence-corrected chi connectivity index (χ1v) is 6.11. The summed E-state index contributed by atoms with van der Waals surface area (Å²) in [5.74, 6) is 0.682. The Hall–Kier alpha value is -0.760. The van der Waals surface area contributed by atoms with Gasteiger partial charge in [0.2, 0.25) is 0 Å². The van der Waals surface area contributed by atoms with Crippen molar-refractivity contribution >= 4 is 11.6 Å². The van der Waals surface area contributed by atoms with Crippen LogP contribution in [-0.4, -0.2) is 13.0 Å². The van der Waals surface area contributed by atoms with Gasteiger partial charge in [0, 0.05) is 5.88 Å². The summed E-state index contributed by atoms with van der Waals surface area (Å²) in [6, 6.07) is 5.17. The second-order valence-electron chi connectivity index (χ2n) is 4.63. The Kier molecular flexibility index (Phi) is 3.38. The van der Waals surface area contributed by atoms with Crippen molar-refractivity contribution in [2.75, 3.05) is 13.0 Å². The average molecular weight is 243 g/mol. The van der Waals surface area contributed by atoms with Crippen molar-refractivity contribution in [1.29, 1.82) is 0 Å². The third-order valence-corrected chi connectivity index (χ3v) is 4.06. The van der Waals surface area contributed by atoms with Gasteiger partial charge in [-0.05, 0) is 42.4 Å². The van der Waals surface area contributed by atoms with Crippen molar-refractivity contribution in [1.82, 2.24) is 0 Å². The molecule has 1 aromatic rings. The molecule has 1 fully saturated rings. The Morgan fingerprint density at radius 1 is 1.44 bits per heavy atom. The van der Waals surface area contributed by atoms with Crippen LogP contribution in [0.25, 0.3) is 0 Å². The normalized spacial score (nSPS) is 17.9. The predicted molar refractivity (Wildman–Crippen MR) is 63.7 cm³/mol. The molecule has 1 nitrogen and oxygen atoms in total. The minimum Gasteiger partial charge on any atom is -0.494 e. The first-order chi connectivity index (χ1) is 7.69. The molecule has 0 amide bonds. The Bertz CT molecular complexity index is 369. The van der Waals surface area contributed by atoms with Crippen LogP contribution >= 0.6 is 11.6 Å². The summed E-state index contributed by atoms with van der Waals surface area (Å²) < 4.78 is 18.4. The molecule has 0 heterocycles. The number of rotatable bonds is 4. The predicted octanol–water partition coefficient (Wildman–Crippen LogP) is 3.79. The number of hydrogen-bond donors (Lipinski definition) is 0. The van der Waals surface area contributed by atoms with Crippen molar-refractivity contribution in [2.24, 2.45) is 5.41 Å². The van der Waals surface area contributed by atoms with Crippen LogP contribution in [0.1, 0.15) is 24.8 Å². The molecule has 2 rings (SSSR count). The highest BCUT2D eigenvalue weighted by Gasteiger charge is 2.36. The van der Waals surface area contributed by atoms with Crippen LogP contribution in [0.15, 0.2) is 18.2 Å². The van der Waals surface area contributed by atoms with E-state index in [1.54, 1.807) is 12.1 Å². The number of benzene rings is 1. The highest BCUT2D eigenvalue weighted by Crippen LogP contribution is 2.44. The fraction of sp³-hybridized carbons (Fsp3) is 0.538. The van der Waals surface area contributed by atoms with E-state index in [-0.39, 0.29) is 11.2 Å². The van der Waals surface area contributed by atoms with Gasteiger partial charge in [0.25, 0.3) is 0 Å². The molecule has 1 aliphatic rings. The standard InChI is InChI=1S/C13H16ClFO/c1-16-12-4-3-10(7-11(12)15)8-13(9-14)5-2-6-13/h3-4,7H,2,5-6,8-9H2,1H3. The third kappa shape index (κ3) is 2.17. The summed E-state index contributed by atoms with van der Waals surface area (Å²) in [4.78, 5) is 0. The maximum absolute atomic E-state index is 13.5. The lowest BCUT2D eigenvalue weighted by Gasteiger charge is -2.40. The fourth-order valence-electron chi connectivity index (χ4n) is 2.29. The second-order valence-corrected chi connectivity index (χ2v) is 4.90. The summed E-state index contributed by atoms with van der Waals surface area (Å²) >= 11 is 5.99. The molecule has 16 heavy (non-hydrogen) atoms. The largest absolute Gasteiger partial charge is 0.494 e. The zero-order valence-electron chi connectivity index (χ0n) is 9.43. The van der Waals surface area contributed by atoms with E-state index >= 15 is 0 Å². The van der Waals surface area contributed by atoms with Gasteiger partial charge in [-0.1, -0.05) is 12.5 Å². The first-order valence-electron chi connectivity index (χ1n) is 5.57. The van der Waals surface area contributed by atoms with Gasteiger partial charge >= 0.3 is 0 Å². The molecule has 0 unspecified atom stereocenters. The Morgan fingerprint density at radius 2 is 2.19 bits per heavy atom. The average Bonchev–Trinajstić information content (AvgIpc) is 2.24. The Labute approximate surface area is 101 Å². The van der Waals surface area contributed by atoms with Gasteiger partial charge in [0.1, 0.15) is 0 Å². The van der Waals surface area contributed by atoms with Gasteiger partial charge < -0.3 is 4.74 Å². The molecule has 0 aromatic heterocycles. The molecule has 0 spiro atoms. The number of halogens is 2. The first kappa shape index (κ1) is 11.7. The minimum absolute atomic E-state index is 0.211. The molecule has 0 bridgehead atoms. The lowest BCUT2D eigenvalue weighted by Crippen LogP contribution is -2.33. The number of alkyl halides is 1. The molecule has 0 radical (unpaired) electrons. The van der Waals surface area contributed by atoms with E-state index in [1.807, 2.05) is 6.07 Å². The molecule has 3 heteroatoms. The van der Waals surface area contributed by atoms with E-state index in [0.29, 0.717) is 11.6 Å². The summed E-state index contributed by atoms with van der Waals surface area (Å²) in [5, 5.41) is 0. The van der Waals surface area contributed by atoms with Crippen LogP contribution in [0.4, 0.5) is 4.39 Å². The summed E-state index contributed by atoms with van der Waals surface area (Å²) in [7, 11) is 1.48.